The normalized spacial score (nSPS) is 18.6. The zero-order chi connectivity index (χ0) is 23.8. The van der Waals surface area contributed by atoms with Crippen molar-refractivity contribution in [2.75, 3.05) is 39.3 Å². The second kappa shape index (κ2) is 12.9. The standard InChI is InChI=1S/C14H17ClFN.C13H17ClFN/c1-2-8-17-9-6-11(7-10-17)12-4-3-5-13(15)14(12)16;1-2-16-8-6-10(7-9-16)11-4-3-5-12(14)13(11)15/h2-5,11H,1,6-10H2;3-5,10H,2,6-9H2,1H3. The minimum absolute atomic E-state index is 0.223. The van der Waals surface area contributed by atoms with Crippen LogP contribution in [0.25, 0.3) is 0 Å². The van der Waals surface area contributed by atoms with Gasteiger partial charge in [0.25, 0.3) is 0 Å². The molecular weight excluding hydrogens is 461 g/mol. The van der Waals surface area contributed by atoms with Crippen LogP contribution < -0.4 is 0 Å². The number of halogens is 4. The van der Waals surface area contributed by atoms with E-state index in [2.05, 4.69) is 23.3 Å². The summed E-state index contributed by atoms with van der Waals surface area (Å²) in [5.74, 6) is 0.173. The van der Waals surface area contributed by atoms with Gasteiger partial charge in [0.05, 0.1) is 10.0 Å². The van der Waals surface area contributed by atoms with Gasteiger partial charge in [0.1, 0.15) is 11.6 Å². The van der Waals surface area contributed by atoms with Crippen molar-refractivity contribution < 1.29 is 8.78 Å². The molecule has 6 heteroatoms. The molecule has 0 atom stereocenters. The number of rotatable bonds is 5. The van der Waals surface area contributed by atoms with E-state index in [1.807, 2.05) is 30.3 Å². The van der Waals surface area contributed by atoms with Crippen molar-refractivity contribution in [3.8, 4) is 0 Å². The molecule has 2 aromatic rings. The second-order valence-electron chi connectivity index (χ2n) is 8.86. The monoisotopic (exact) mass is 494 g/mol. The first-order chi connectivity index (χ1) is 15.9. The Morgan fingerprint density at radius 3 is 1.64 bits per heavy atom. The summed E-state index contributed by atoms with van der Waals surface area (Å²) in [5, 5.41) is 0.478. The smallest absolute Gasteiger partial charge is 0.145 e. The summed E-state index contributed by atoms with van der Waals surface area (Å²) in [6.45, 7) is 12.0. The molecular formula is C27H34Cl2F2N2. The van der Waals surface area contributed by atoms with Crippen LogP contribution in [-0.4, -0.2) is 49.1 Å². The van der Waals surface area contributed by atoms with Crippen molar-refractivity contribution in [3.63, 3.8) is 0 Å². The van der Waals surface area contributed by atoms with Crippen LogP contribution in [-0.2, 0) is 0 Å². The van der Waals surface area contributed by atoms with Crippen LogP contribution >= 0.6 is 23.2 Å². The highest BCUT2D eigenvalue weighted by molar-refractivity contribution is 6.31. The SMILES string of the molecule is C=CCN1CCC(c2cccc(Cl)c2F)CC1.CCN1CCC(c2cccc(Cl)c2F)CC1. The molecule has 2 saturated heterocycles. The van der Waals surface area contributed by atoms with Crippen molar-refractivity contribution in [2.24, 2.45) is 0 Å². The van der Waals surface area contributed by atoms with Crippen LogP contribution in [0.1, 0.15) is 55.6 Å². The van der Waals surface area contributed by atoms with E-state index in [0.29, 0.717) is 11.8 Å². The van der Waals surface area contributed by atoms with Gasteiger partial charge in [-0.25, -0.2) is 8.78 Å². The zero-order valence-corrected chi connectivity index (χ0v) is 20.9. The van der Waals surface area contributed by atoms with Crippen molar-refractivity contribution in [1.82, 2.24) is 9.80 Å². The molecule has 2 aromatic carbocycles. The molecule has 0 radical (unpaired) electrons. The maximum absolute atomic E-state index is 13.9. The summed E-state index contributed by atoms with van der Waals surface area (Å²) in [4.78, 5) is 4.74. The van der Waals surface area contributed by atoms with Gasteiger partial charge >= 0.3 is 0 Å². The Kier molecular flexibility index (Phi) is 10.2. The van der Waals surface area contributed by atoms with Gasteiger partial charge < -0.3 is 4.90 Å². The van der Waals surface area contributed by atoms with E-state index in [9.17, 15) is 8.78 Å². The number of benzene rings is 2. The van der Waals surface area contributed by atoms with Gasteiger partial charge in [0, 0.05) is 6.54 Å². The van der Waals surface area contributed by atoms with Gasteiger partial charge in [-0.1, -0.05) is 60.5 Å². The fraction of sp³-hybridized carbons (Fsp3) is 0.481. The van der Waals surface area contributed by atoms with Gasteiger partial charge in [-0.3, -0.25) is 4.90 Å². The average Bonchev–Trinajstić information content (AvgIpc) is 2.84. The number of piperidine rings is 2. The molecule has 33 heavy (non-hydrogen) atoms. The Hall–Kier alpha value is -1.46. The van der Waals surface area contributed by atoms with E-state index < -0.39 is 0 Å². The number of likely N-dealkylation sites (tertiary alicyclic amines) is 2. The average molecular weight is 495 g/mol. The number of hydrogen-bond acceptors (Lipinski definition) is 2. The summed E-state index contributed by atoms with van der Waals surface area (Å²) in [6.07, 6.45) is 5.96. The zero-order valence-electron chi connectivity index (χ0n) is 19.4. The van der Waals surface area contributed by atoms with Crippen LogP contribution in [0, 0.1) is 11.6 Å². The van der Waals surface area contributed by atoms with Gasteiger partial charge in [0.15, 0.2) is 0 Å². The quantitative estimate of drug-likeness (QED) is 0.396. The summed E-state index contributed by atoms with van der Waals surface area (Å²) in [5.41, 5.74) is 1.57. The van der Waals surface area contributed by atoms with Crippen molar-refractivity contribution in [2.45, 2.75) is 44.4 Å². The lowest BCUT2D eigenvalue weighted by Gasteiger charge is -2.31. The molecule has 0 saturated carbocycles. The molecule has 2 nitrogen and oxygen atoms in total. The Bertz CT molecular complexity index is 905. The third-order valence-corrected chi connectivity index (χ3v) is 7.44. The highest BCUT2D eigenvalue weighted by atomic mass is 35.5. The Balaban J connectivity index is 0.000000186. The fourth-order valence-electron chi connectivity index (χ4n) is 4.84. The molecule has 0 amide bonds. The fourth-order valence-corrected chi connectivity index (χ4v) is 5.20. The lowest BCUT2D eigenvalue weighted by atomic mass is 9.89. The van der Waals surface area contributed by atoms with Crippen LogP contribution in [0.15, 0.2) is 49.1 Å². The van der Waals surface area contributed by atoms with Gasteiger partial charge in [-0.15, -0.1) is 6.58 Å². The Morgan fingerprint density at radius 2 is 1.24 bits per heavy atom. The highest BCUT2D eigenvalue weighted by Gasteiger charge is 2.24. The molecule has 0 unspecified atom stereocenters. The van der Waals surface area contributed by atoms with Crippen LogP contribution in [0.5, 0.6) is 0 Å². The third-order valence-electron chi connectivity index (χ3n) is 6.85. The summed E-state index contributed by atoms with van der Waals surface area (Å²) < 4.78 is 27.7. The van der Waals surface area contributed by atoms with Crippen molar-refractivity contribution >= 4 is 23.2 Å². The molecule has 2 aliphatic heterocycles. The van der Waals surface area contributed by atoms with E-state index in [1.54, 1.807) is 12.1 Å². The van der Waals surface area contributed by atoms with E-state index in [0.717, 1.165) is 76.1 Å². The highest BCUT2D eigenvalue weighted by Crippen LogP contribution is 2.33. The summed E-state index contributed by atoms with van der Waals surface area (Å²) in [6, 6.07) is 10.6. The first kappa shape index (κ1) is 26.2. The van der Waals surface area contributed by atoms with Crippen LogP contribution in [0.2, 0.25) is 10.0 Å². The lowest BCUT2D eigenvalue weighted by Crippen LogP contribution is -2.33. The Labute approximate surface area is 207 Å². The molecule has 0 aliphatic carbocycles. The first-order valence-electron chi connectivity index (χ1n) is 11.9. The predicted molar refractivity (Wildman–Crippen MR) is 136 cm³/mol. The topological polar surface area (TPSA) is 6.48 Å². The maximum Gasteiger partial charge on any atom is 0.145 e. The van der Waals surface area contributed by atoms with E-state index in [4.69, 9.17) is 23.2 Å². The molecule has 0 N–H and O–H groups in total. The van der Waals surface area contributed by atoms with Gasteiger partial charge in [-0.2, -0.15) is 0 Å². The van der Waals surface area contributed by atoms with E-state index in [1.165, 1.54) is 0 Å². The van der Waals surface area contributed by atoms with Crippen LogP contribution in [0.3, 0.4) is 0 Å². The molecule has 180 valence electrons. The van der Waals surface area contributed by atoms with Gasteiger partial charge in [-0.05, 0) is 93.5 Å². The molecule has 0 aromatic heterocycles. The first-order valence-corrected chi connectivity index (χ1v) is 12.6. The summed E-state index contributed by atoms with van der Waals surface area (Å²) in [7, 11) is 0. The molecule has 2 fully saturated rings. The lowest BCUT2D eigenvalue weighted by molar-refractivity contribution is 0.220. The largest absolute Gasteiger partial charge is 0.304 e. The second-order valence-corrected chi connectivity index (χ2v) is 9.67. The number of nitrogens with zero attached hydrogens (tertiary/aromatic N) is 2. The third kappa shape index (κ3) is 7.02. The molecule has 0 spiro atoms. The van der Waals surface area contributed by atoms with E-state index >= 15 is 0 Å². The van der Waals surface area contributed by atoms with Crippen molar-refractivity contribution in [3.05, 3.63) is 81.9 Å². The molecule has 2 aliphatic rings. The summed E-state index contributed by atoms with van der Waals surface area (Å²) >= 11 is 11.6. The Morgan fingerprint density at radius 1 is 0.818 bits per heavy atom. The van der Waals surface area contributed by atoms with E-state index in [-0.39, 0.29) is 21.7 Å². The predicted octanol–water partition coefficient (Wildman–Crippen LogP) is 7.52. The van der Waals surface area contributed by atoms with Crippen molar-refractivity contribution in [1.29, 1.82) is 0 Å². The minimum atomic E-state index is -0.240. The molecule has 4 rings (SSSR count). The molecule has 2 heterocycles. The number of hydrogen-bond donors (Lipinski definition) is 0. The maximum atomic E-state index is 13.9. The molecule has 0 bridgehead atoms. The minimum Gasteiger partial charge on any atom is -0.304 e. The van der Waals surface area contributed by atoms with Gasteiger partial charge in [0.2, 0.25) is 0 Å². The van der Waals surface area contributed by atoms with Crippen LogP contribution in [0.4, 0.5) is 8.78 Å².